The molecule has 0 atom stereocenters. The Morgan fingerprint density at radius 1 is 1.00 bits per heavy atom. The highest BCUT2D eigenvalue weighted by Gasteiger charge is 2.12. The Labute approximate surface area is 140 Å². The predicted octanol–water partition coefficient (Wildman–Crippen LogP) is 2.62. The van der Waals surface area contributed by atoms with Crippen LogP contribution in [0.1, 0.15) is 16.7 Å². The van der Waals surface area contributed by atoms with Crippen molar-refractivity contribution < 1.29 is 9.59 Å². The summed E-state index contributed by atoms with van der Waals surface area (Å²) in [7, 11) is 0. The molecule has 0 aliphatic heterocycles. The monoisotopic (exact) mass is 330 g/mol. The summed E-state index contributed by atoms with van der Waals surface area (Å²) in [4.78, 5) is 23.5. The van der Waals surface area contributed by atoms with Gasteiger partial charge in [-0.05, 0) is 42.2 Å². The molecule has 0 radical (unpaired) electrons. The summed E-state index contributed by atoms with van der Waals surface area (Å²) in [6.07, 6.45) is 0.622. The number of hydrogen-bond acceptors (Lipinski definition) is 2. The van der Waals surface area contributed by atoms with Crippen molar-refractivity contribution in [3.63, 3.8) is 0 Å². The lowest BCUT2D eigenvalue weighted by molar-refractivity contribution is -0.139. The maximum atomic E-state index is 11.8. The molecule has 2 amide bonds. The van der Waals surface area contributed by atoms with Gasteiger partial charge >= 0.3 is 11.8 Å². The second-order valence-electron chi connectivity index (χ2n) is 5.24. The van der Waals surface area contributed by atoms with Gasteiger partial charge in [0.15, 0.2) is 0 Å². The topological polar surface area (TPSA) is 58.2 Å². The highest BCUT2D eigenvalue weighted by molar-refractivity contribution is 6.35. The molecule has 0 aliphatic carbocycles. The first-order valence-corrected chi connectivity index (χ1v) is 7.79. The molecular formula is C18H19ClN2O2. The third-order valence-electron chi connectivity index (χ3n) is 3.50. The molecule has 0 saturated carbocycles. The fourth-order valence-electron chi connectivity index (χ4n) is 2.16. The van der Waals surface area contributed by atoms with Gasteiger partial charge < -0.3 is 10.6 Å². The SMILES string of the molecule is Cc1ccccc1CNC(=O)C(=O)NCCc1cccc(Cl)c1. The van der Waals surface area contributed by atoms with Crippen LogP contribution in [0.15, 0.2) is 48.5 Å². The number of aryl methyl sites for hydroxylation is 1. The van der Waals surface area contributed by atoms with Crippen LogP contribution in [0.4, 0.5) is 0 Å². The second-order valence-corrected chi connectivity index (χ2v) is 5.68. The first-order chi connectivity index (χ1) is 11.1. The standard InChI is InChI=1S/C18H19ClN2O2/c1-13-5-2-3-7-15(13)12-21-18(23)17(22)20-10-9-14-6-4-8-16(19)11-14/h2-8,11H,9-10,12H2,1H3,(H,20,22)(H,21,23). The molecule has 120 valence electrons. The zero-order valence-corrected chi connectivity index (χ0v) is 13.7. The van der Waals surface area contributed by atoms with Gasteiger partial charge in [-0.25, -0.2) is 0 Å². The van der Waals surface area contributed by atoms with E-state index in [1.807, 2.05) is 49.4 Å². The lowest BCUT2D eigenvalue weighted by Gasteiger charge is -2.08. The lowest BCUT2D eigenvalue weighted by Crippen LogP contribution is -2.40. The van der Waals surface area contributed by atoms with Crippen molar-refractivity contribution >= 4 is 23.4 Å². The van der Waals surface area contributed by atoms with E-state index in [9.17, 15) is 9.59 Å². The molecule has 23 heavy (non-hydrogen) atoms. The molecule has 0 unspecified atom stereocenters. The minimum Gasteiger partial charge on any atom is -0.348 e. The summed E-state index contributed by atoms with van der Waals surface area (Å²) in [6.45, 7) is 2.69. The number of nitrogens with one attached hydrogen (secondary N) is 2. The average Bonchev–Trinajstić information content (AvgIpc) is 2.54. The number of halogens is 1. The lowest BCUT2D eigenvalue weighted by atomic mass is 10.1. The molecule has 0 heterocycles. The van der Waals surface area contributed by atoms with Crippen LogP contribution in [-0.4, -0.2) is 18.4 Å². The van der Waals surface area contributed by atoms with Gasteiger partial charge in [0.2, 0.25) is 0 Å². The van der Waals surface area contributed by atoms with Crippen molar-refractivity contribution in [1.29, 1.82) is 0 Å². The number of amides is 2. The Kier molecular flexibility index (Phi) is 6.18. The van der Waals surface area contributed by atoms with Crippen molar-refractivity contribution in [3.8, 4) is 0 Å². The first-order valence-electron chi connectivity index (χ1n) is 7.41. The average molecular weight is 331 g/mol. The zero-order chi connectivity index (χ0) is 16.7. The number of hydrogen-bond donors (Lipinski definition) is 2. The predicted molar refractivity (Wildman–Crippen MR) is 91.2 cm³/mol. The minimum absolute atomic E-state index is 0.340. The molecule has 0 aliphatic rings. The zero-order valence-electron chi connectivity index (χ0n) is 12.9. The molecular weight excluding hydrogens is 312 g/mol. The Morgan fingerprint density at radius 3 is 2.48 bits per heavy atom. The van der Waals surface area contributed by atoms with Crippen LogP contribution < -0.4 is 10.6 Å². The highest BCUT2D eigenvalue weighted by Crippen LogP contribution is 2.10. The molecule has 0 saturated heterocycles. The van der Waals surface area contributed by atoms with Gasteiger partial charge in [-0.15, -0.1) is 0 Å². The Balaban J connectivity index is 1.75. The number of carbonyl (C=O) groups excluding carboxylic acids is 2. The second kappa shape index (κ2) is 8.34. The van der Waals surface area contributed by atoms with E-state index in [-0.39, 0.29) is 0 Å². The van der Waals surface area contributed by atoms with Crippen LogP contribution in [0.3, 0.4) is 0 Å². The molecule has 0 bridgehead atoms. The van der Waals surface area contributed by atoms with Gasteiger partial charge in [0, 0.05) is 18.1 Å². The summed E-state index contributed by atoms with van der Waals surface area (Å²) in [6, 6.07) is 15.1. The maximum absolute atomic E-state index is 11.8. The molecule has 0 spiro atoms. The van der Waals surface area contributed by atoms with Gasteiger partial charge in [0.25, 0.3) is 0 Å². The van der Waals surface area contributed by atoms with Gasteiger partial charge in [0.05, 0.1) is 0 Å². The van der Waals surface area contributed by atoms with Gasteiger partial charge in [-0.3, -0.25) is 9.59 Å². The summed E-state index contributed by atoms with van der Waals surface area (Å²) in [5.74, 6) is -1.25. The molecule has 2 N–H and O–H groups in total. The Morgan fingerprint density at radius 2 is 1.74 bits per heavy atom. The van der Waals surface area contributed by atoms with Crippen LogP contribution in [0.2, 0.25) is 5.02 Å². The van der Waals surface area contributed by atoms with Gasteiger partial charge in [0.1, 0.15) is 0 Å². The molecule has 2 aromatic rings. The third kappa shape index (κ3) is 5.42. The van der Waals surface area contributed by atoms with E-state index in [4.69, 9.17) is 11.6 Å². The van der Waals surface area contributed by atoms with E-state index in [1.165, 1.54) is 0 Å². The van der Waals surface area contributed by atoms with Crippen molar-refractivity contribution in [2.75, 3.05) is 6.54 Å². The molecule has 2 aromatic carbocycles. The van der Waals surface area contributed by atoms with Crippen molar-refractivity contribution in [1.82, 2.24) is 10.6 Å². The molecule has 2 rings (SSSR count). The summed E-state index contributed by atoms with van der Waals surface area (Å²) >= 11 is 5.90. The molecule has 5 heteroatoms. The largest absolute Gasteiger partial charge is 0.348 e. The smallest absolute Gasteiger partial charge is 0.309 e. The number of benzene rings is 2. The fraction of sp³-hybridized carbons (Fsp3) is 0.222. The van der Waals surface area contributed by atoms with E-state index in [1.54, 1.807) is 6.07 Å². The quantitative estimate of drug-likeness (QED) is 0.828. The van der Waals surface area contributed by atoms with Crippen LogP contribution in [0.5, 0.6) is 0 Å². The summed E-state index contributed by atoms with van der Waals surface area (Å²) in [5, 5.41) is 5.89. The van der Waals surface area contributed by atoms with Crippen LogP contribution in [-0.2, 0) is 22.6 Å². The first kappa shape index (κ1) is 17.0. The van der Waals surface area contributed by atoms with Crippen LogP contribution in [0, 0.1) is 6.92 Å². The van der Waals surface area contributed by atoms with E-state index in [0.29, 0.717) is 24.5 Å². The van der Waals surface area contributed by atoms with E-state index >= 15 is 0 Å². The minimum atomic E-state index is -0.626. The number of carbonyl (C=O) groups is 2. The third-order valence-corrected chi connectivity index (χ3v) is 3.73. The van der Waals surface area contributed by atoms with Crippen LogP contribution >= 0.6 is 11.6 Å². The van der Waals surface area contributed by atoms with Crippen molar-refractivity contribution in [2.24, 2.45) is 0 Å². The van der Waals surface area contributed by atoms with E-state index < -0.39 is 11.8 Å². The van der Waals surface area contributed by atoms with E-state index in [0.717, 1.165) is 16.7 Å². The van der Waals surface area contributed by atoms with Gasteiger partial charge in [-0.2, -0.15) is 0 Å². The highest BCUT2D eigenvalue weighted by atomic mass is 35.5. The maximum Gasteiger partial charge on any atom is 0.309 e. The number of rotatable bonds is 5. The van der Waals surface area contributed by atoms with Crippen LogP contribution in [0.25, 0.3) is 0 Å². The van der Waals surface area contributed by atoms with Gasteiger partial charge in [-0.1, -0.05) is 48.0 Å². The summed E-state index contributed by atoms with van der Waals surface area (Å²) in [5.41, 5.74) is 3.08. The van der Waals surface area contributed by atoms with Crippen molar-refractivity contribution in [3.05, 3.63) is 70.2 Å². The molecule has 4 nitrogen and oxygen atoms in total. The summed E-state index contributed by atoms with van der Waals surface area (Å²) < 4.78 is 0. The Bertz CT molecular complexity index is 701. The Hall–Kier alpha value is -2.33. The molecule has 0 aromatic heterocycles. The molecule has 0 fully saturated rings. The van der Waals surface area contributed by atoms with E-state index in [2.05, 4.69) is 10.6 Å². The normalized spacial score (nSPS) is 10.2. The fourth-order valence-corrected chi connectivity index (χ4v) is 2.37. The van der Waals surface area contributed by atoms with Crippen molar-refractivity contribution in [2.45, 2.75) is 19.9 Å².